The average molecular weight is 165 g/mol. The van der Waals surface area contributed by atoms with Gasteiger partial charge < -0.3 is 0 Å². The molecule has 1 aromatic carbocycles. The van der Waals surface area contributed by atoms with Gasteiger partial charge in [-0.15, -0.1) is 0 Å². The molecule has 0 spiro atoms. The lowest BCUT2D eigenvalue weighted by Gasteiger charge is -1.91. The lowest BCUT2D eigenvalue weighted by atomic mass is 10.1. The topological polar surface area (TPSA) is 17.1 Å². The van der Waals surface area contributed by atoms with E-state index in [-0.39, 0.29) is 0 Å². The van der Waals surface area contributed by atoms with E-state index in [2.05, 4.69) is 6.58 Å². The van der Waals surface area contributed by atoms with Crippen molar-refractivity contribution in [1.29, 1.82) is 0 Å². The lowest BCUT2D eigenvalue weighted by Crippen LogP contribution is -1.80. The van der Waals surface area contributed by atoms with Crippen LogP contribution in [0, 0.1) is 0 Å². The van der Waals surface area contributed by atoms with E-state index in [4.69, 9.17) is 0 Å². The first-order valence-electron chi connectivity index (χ1n) is 3.33. The fraction of sp³-hybridized carbons (Fsp3) is 0.111. The van der Waals surface area contributed by atoms with Gasteiger partial charge in [0.05, 0.1) is 0 Å². The Morgan fingerprint density at radius 3 is 2.45 bits per heavy atom. The van der Waals surface area contributed by atoms with Crippen molar-refractivity contribution >= 4 is 17.7 Å². The SMILES string of the molecule is C=Cc1ccc(C[S+]=O)cc1. The summed E-state index contributed by atoms with van der Waals surface area (Å²) in [5.74, 6) is 0.539. The second-order valence-electron chi connectivity index (χ2n) is 2.21. The highest BCUT2D eigenvalue weighted by atomic mass is 32.1. The molecular weight excluding hydrogens is 156 g/mol. The molecule has 0 fully saturated rings. The molecule has 0 N–H and O–H groups in total. The Bertz CT molecular complexity index is 251. The maximum atomic E-state index is 10.2. The molecule has 0 unspecified atom stereocenters. The molecule has 1 aromatic rings. The second kappa shape index (κ2) is 3.98. The number of benzene rings is 1. The molecule has 2 heteroatoms. The van der Waals surface area contributed by atoms with Gasteiger partial charge in [-0.05, 0) is 5.56 Å². The van der Waals surface area contributed by atoms with E-state index in [9.17, 15) is 4.21 Å². The van der Waals surface area contributed by atoms with Gasteiger partial charge in [0.15, 0.2) is 0 Å². The summed E-state index contributed by atoms with van der Waals surface area (Å²) >= 11 is 0.592. The third-order valence-electron chi connectivity index (χ3n) is 1.44. The summed E-state index contributed by atoms with van der Waals surface area (Å²) in [6, 6.07) is 7.81. The van der Waals surface area contributed by atoms with Crippen LogP contribution in [0.15, 0.2) is 30.8 Å². The zero-order valence-corrected chi connectivity index (χ0v) is 6.93. The van der Waals surface area contributed by atoms with Crippen LogP contribution in [0.3, 0.4) is 0 Å². The predicted molar refractivity (Wildman–Crippen MR) is 48.3 cm³/mol. The van der Waals surface area contributed by atoms with Gasteiger partial charge in [-0.1, -0.05) is 36.9 Å². The molecule has 1 rings (SSSR count). The van der Waals surface area contributed by atoms with Crippen molar-refractivity contribution in [3.63, 3.8) is 0 Å². The zero-order chi connectivity index (χ0) is 8.10. The molecule has 1 nitrogen and oxygen atoms in total. The molecule has 56 valence electrons. The van der Waals surface area contributed by atoms with Crippen molar-refractivity contribution in [3.05, 3.63) is 42.0 Å². The Morgan fingerprint density at radius 2 is 2.00 bits per heavy atom. The van der Waals surface area contributed by atoms with Crippen LogP contribution in [0.4, 0.5) is 0 Å². The first-order valence-corrected chi connectivity index (χ1v) is 4.24. The van der Waals surface area contributed by atoms with Crippen LogP contribution in [-0.4, -0.2) is 0 Å². The first kappa shape index (κ1) is 8.08. The van der Waals surface area contributed by atoms with Gasteiger partial charge in [-0.25, -0.2) is 0 Å². The number of rotatable bonds is 3. The van der Waals surface area contributed by atoms with Crippen molar-refractivity contribution in [2.24, 2.45) is 0 Å². The molecule has 0 atom stereocenters. The molecule has 0 radical (unpaired) electrons. The van der Waals surface area contributed by atoms with E-state index < -0.39 is 0 Å². The molecule has 0 aliphatic heterocycles. The average Bonchev–Trinajstić information content (AvgIpc) is 2.07. The Labute approximate surface area is 70.2 Å². The summed E-state index contributed by atoms with van der Waals surface area (Å²) in [4.78, 5) is 0. The first-order chi connectivity index (χ1) is 5.36. The summed E-state index contributed by atoms with van der Waals surface area (Å²) < 4.78 is 10.2. The molecule has 0 bridgehead atoms. The molecular formula is C9H9OS+. The largest absolute Gasteiger partial charge is 0.463 e. The van der Waals surface area contributed by atoms with Crippen LogP contribution in [0.25, 0.3) is 6.08 Å². The van der Waals surface area contributed by atoms with Crippen molar-refractivity contribution < 1.29 is 4.21 Å². The molecule has 0 aliphatic rings. The normalized spacial score (nSPS) is 9.09. The van der Waals surface area contributed by atoms with E-state index in [0.717, 1.165) is 11.1 Å². The van der Waals surface area contributed by atoms with Crippen LogP contribution in [0.1, 0.15) is 11.1 Å². The standard InChI is InChI=1S/C9H9OS/c1-2-8-3-5-9(6-4-8)7-11-10/h2-6H,1,7H2/q+1. The van der Waals surface area contributed by atoms with Crippen LogP contribution >= 0.6 is 0 Å². The molecule has 0 heterocycles. The minimum Gasteiger partial charge on any atom is -0.0985 e. The zero-order valence-electron chi connectivity index (χ0n) is 6.12. The minimum absolute atomic E-state index is 0.539. The van der Waals surface area contributed by atoms with Crippen molar-refractivity contribution in [3.8, 4) is 0 Å². The van der Waals surface area contributed by atoms with Gasteiger partial charge in [0.2, 0.25) is 0 Å². The van der Waals surface area contributed by atoms with Crippen molar-refractivity contribution in [1.82, 2.24) is 0 Å². The predicted octanol–water partition coefficient (Wildman–Crippen LogP) is 2.26. The van der Waals surface area contributed by atoms with E-state index in [0.29, 0.717) is 17.4 Å². The maximum Gasteiger partial charge on any atom is 0.463 e. The Kier molecular flexibility index (Phi) is 2.93. The molecule has 0 aromatic heterocycles. The summed E-state index contributed by atoms with van der Waals surface area (Å²) in [6.45, 7) is 3.64. The molecule has 0 saturated heterocycles. The third kappa shape index (κ3) is 2.24. The Morgan fingerprint density at radius 1 is 1.36 bits per heavy atom. The van der Waals surface area contributed by atoms with Crippen molar-refractivity contribution in [2.45, 2.75) is 5.75 Å². The van der Waals surface area contributed by atoms with E-state index in [1.807, 2.05) is 24.3 Å². The van der Waals surface area contributed by atoms with Crippen LogP contribution in [-0.2, 0) is 21.6 Å². The fourth-order valence-electron chi connectivity index (χ4n) is 0.818. The highest BCUT2D eigenvalue weighted by Gasteiger charge is 1.99. The van der Waals surface area contributed by atoms with Gasteiger partial charge in [0.25, 0.3) is 5.75 Å². The monoisotopic (exact) mass is 165 g/mol. The van der Waals surface area contributed by atoms with Gasteiger partial charge in [0, 0.05) is 9.77 Å². The van der Waals surface area contributed by atoms with Crippen LogP contribution < -0.4 is 0 Å². The van der Waals surface area contributed by atoms with Gasteiger partial charge >= 0.3 is 11.7 Å². The smallest absolute Gasteiger partial charge is 0.0985 e. The molecule has 0 amide bonds. The van der Waals surface area contributed by atoms with Crippen molar-refractivity contribution in [2.75, 3.05) is 0 Å². The summed E-state index contributed by atoms with van der Waals surface area (Å²) in [7, 11) is 0. The second-order valence-corrected chi connectivity index (χ2v) is 2.73. The highest BCUT2D eigenvalue weighted by molar-refractivity contribution is 7.64. The Hall–Kier alpha value is -1.02. The van der Waals surface area contributed by atoms with Gasteiger partial charge in [-0.2, -0.15) is 0 Å². The molecule has 0 saturated carbocycles. The molecule has 11 heavy (non-hydrogen) atoms. The van der Waals surface area contributed by atoms with Gasteiger partial charge in [-0.3, -0.25) is 0 Å². The lowest BCUT2D eigenvalue weighted by molar-refractivity contribution is 0.604. The summed E-state index contributed by atoms with van der Waals surface area (Å²) in [5, 5.41) is 0. The van der Waals surface area contributed by atoms with E-state index in [1.54, 1.807) is 6.08 Å². The van der Waals surface area contributed by atoms with E-state index >= 15 is 0 Å². The quantitative estimate of drug-likeness (QED) is 0.628. The van der Waals surface area contributed by atoms with Crippen LogP contribution in [0.5, 0.6) is 0 Å². The number of hydrogen-bond acceptors (Lipinski definition) is 1. The maximum absolute atomic E-state index is 10.2. The Balaban J connectivity index is 2.81. The summed E-state index contributed by atoms with van der Waals surface area (Å²) in [5.41, 5.74) is 2.15. The minimum atomic E-state index is 0.539. The summed E-state index contributed by atoms with van der Waals surface area (Å²) in [6.07, 6.45) is 1.79. The fourth-order valence-corrected chi connectivity index (χ4v) is 1.15. The third-order valence-corrected chi connectivity index (χ3v) is 1.89. The molecule has 0 aliphatic carbocycles. The number of hydrogen-bond donors (Lipinski definition) is 0. The van der Waals surface area contributed by atoms with Crippen LogP contribution in [0.2, 0.25) is 0 Å². The highest BCUT2D eigenvalue weighted by Crippen LogP contribution is 2.05. The van der Waals surface area contributed by atoms with E-state index in [1.165, 1.54) is 0 Å². The van der Waals surface area contributed by atoms with Gasteiger partial charge in [0.1, 0.15) is 0 Å².